The van der Waals surface area contributed by atoms with E-state index < -0.39 is 11.6 Å². The van der Waals surface area contributed by atoms with E-state index in [0.29, 0.717) is 23.0 Å². The van der Waals surface area contributed by atoms with Crippen LogP contribution in [0.15, 0.2) is 47.7 Å². The molecule has 1 aliphatic heterocycles. The molecule has 1 aromatic carbocycles. The first-order valence-corrected chi connectivity index (χ1v) is 10.0. The Bertz CT molecular complexity index is 905. The van der Waals surface area contributed by atoms with Crippen molar-refractivity contribution in [3.8, 4) is 5.75 Å². The summed E-state index contributed by atoms with van der Waals surface area (Å²) in [4.78, 5) is 27.4. The molecule has 2 aliphatic rings. The molecule has 1 heterocycles. The van der Waals surface area contributed by atoms with Gasteiger partial charge in [-0.1, -0.05) is 13.0 Å². The summed E-state index contributed by atoms with van der Waals surface area (Å²) in [6.45, 7) is 8.04. The number of nitrogens with zero attached hydrogens (tertiary/aromatic N) is 3. The van der Waals surface area contributed by atoms with Gasteiger partial charge in [-0.3, -0.25) is 19.8 Å². The summed E-state index contributed by atoms with van der Waals surface area (Å²) < 4.78 is 5.63. The summed E-state index contributed by atoms with van der Waals surface area (Å²) >= 11 is 5.67. The van der Waals surface area contributed by atoms with Crippen LogP contribution in [0.25, 0.3) is 0 Å². The molecule has 1 aromatic rings. The fourth-order valence-electron chi connectivity index (χ4n) is 3.58. The second kappa shape index (κ2) is 7.94. The van der Waals surface area contributed by atoms with Crippen molar-refractivity contribution < 1.29 is 14.5 Å². The number of ether oxygens (including phenoxy) is 1. The van der Waals surface area contributed by atoms with E-state index >= 15 is 0 Å². The number of anilines is 1. The Morgan fingerprint density at radius 2 is 1.97 bits per heavy atom. The maximum Gasteiger partial charge on any atom is 0.259 e. The highest BCUT2D eigenvalue weighted by Gasteiger charge is 2.51. The quantitative estimate of drug-likeness (QED) is 0.396. The topological polar surface area (TPSA) is 75.9 Å². The van der Waals surface area contributed by atoms with Gasteiger partial charge in [-0.2, -0.15) is 0 Å². The molecule has 1 atom stereocenters. The van der Waals surface area contributed by atoms with Gasteiger partial charge in [0, 0.05) is 28.3 Å². The number of rotatable bonds is 6. The third kappa shape index (κ3) is 3.76. The number of carbonyl (C=O) groups excluding carboxylic acids is 1. The van der Waals surface area contributed by atoms with Crippen molar-refractivity contribution in [3.05, 3.63) is 57.8 Å². The lowest BCUT2D eigenvalue weighted by Gasteiger charge is -2.29. The van der Waals surface area contributed by atoms with Crippen LogP contribution in [0, 0.1) is 10.1 Å². The van der Waals surface area contributed by atoms with Crippen LogP contribution < -0.4 is 9.64 Å². The average molecular weight is 416 g/mol. The van der Waals surface area contributed by atoms with Crippen LogP contribution in [0.1, 0.15) is 40.5 Å². The Hall–Kier alpha value is -2.74. The van der Waals surface area contributed by atoms with Gasteiger partial charge in [0.05, 0.1) is 6.61 Å². The van der Waals surface area contributed by atoms with E-state index in [1.54, 1.807) is 19.1 Å². The summed E-state index contributed by atoms with van der Waals surface area (Å²) in [6.07, 6.45) is 4.56. The number of amides is 1. The monoisotopic (exact) mass is 415 g/mol. The maximum absolute atomic E-state index is 13.2. The largest absolute Gasteiger partial charge is 0.494 e. The number of carbonyl (C=O) groups is 1. The molecule has 154 valence electrons. The van der Waals surface area contributed by atoms with Gasteiger partial charge < -0.3 is 9.64 Å². The summed E-state index contributed by atoms with van der Waals surface area (Å²) in [5.41, 5.74) is 1.11. The number of hydrogen-bond donors (Lipinski definition) is 0. The minimum absolute atomic E-state index is 0.163. The Labute approximate surface area is 175 Å². The molecular formula is C21H25N3O4S. The molecule has 0 bridgehead atoms. The van der Waals surface area contributed by atoms with Gasteiger partial charge in [-0.05, 0) is 69.8 Å². The molecule has 0 N–H and O–H groups in total. The first-order valence-electron chi connectivity index (χ1n) is 9.62. The second-order valence-electron chi connectivity index (χ2n) is 7.71. The summed E-state index contributed by atoms with van der Waals surface area (Å²) in [6, 6.07) is 6.74. The van der Waals surface area contributed by atoms with Crippen LogP contribution in [0.5, 0.6) is 5.75 Å². The van der Waals surface area contributed by atoms with E-state index in [1.807, 2.05) is 49.9 Å². The van der Waals surface area contributed by atoms with Gasteiger partial charge in [-0.25, -0.2) is 0 Å². The molecule has 0 aromatic heterocycles. The third-order valence-corrected chi connectivity index (χ3v) is 5.57. The van der Waals surface area contributed by atoms with Crippen molar-refractivity contribution in [3.63, 3.8) is 0 Å². The lowest BCUT2D eigenvalue weighted by Crippen LogP contribution is -2.44. The molecule has 1 aliphatic carbocycles. The zero-order chi connectivity index (χ0) is 21.3. The van der Waals surface area contributed by atoms with E-state index in [0.717, 1.165) is 17.9 Å². The zero-order valence-electron chi connectivity index (χ0n) is 17.0. The molecule has 8 heteroatoms. The summed E-state index contributed by atoms with van der Waals surface area (Å²) in [5, 5.41) is 11.5. The zero-order valence-corrected chi connectivity index (χ0v) is 17.9. The molecule has 1 saturated heterocycles. The number of thiocarbonyl (C=S) groups is 1. The molecule has 1 amide bonds. The third-order valence-electron chi connectivity index (χ3n) is 5.20. The highest BCUT2D eigenvalue weighted by molar-refractivity contribution is 7.80. The van der Waals surface area contributed by atoms with Crippen molar-refractivity contribution >= 4 is 28.9 Å². The first kappa shape index (κ1) is 21.0. The lowest BCUT2D eigenvalue weighted by atomic mass is 9.98. The Balaban J connectivity index is 1.90. The van der Waals surface area contributed by atoms with Gasteiger partial charge in [0.15, 0.2) is 5.11 Å². The van der Waals surface area contributed by atoms with Crippen molar-refractivity contribution in [2.45, 2.75) is 52.1 Å². The van der Waals surface area contributed by atoms with Gasteiger partial charge in [-0.15, -0.1) is 0 Å². The van der Waals surface area contributed by atoms with E-state index in [2.05, 4.69) is 0 Å². The molecule has 7 nitrogen and oxygen atoms in total. The first-order chi connectivity index (χ1) is 13.7. The number of allylic oxidation sites excluding steroid dienone is 1. The number of nitro groups is 1. The van der Waals surface area contributed by atoms with Crippen molar-refractivity contribution in [2.24, 2.45) is 0 Å². The van der Waals surface area contributed by atoms with Crippen LogP contribution in [0.4, 0.5) is 5.69 Å². The van der Waals surface area contributed by atoms with Crippen LogP contribution in [0.2, 0.25) is 0 Å². The fourth-order valence-corrected chi connectivity index (χ4v) is 4.10. The van der Waals surface area contributed by atoms with Gasteiger partial charge in [0.1, 0.15) is 11.3 Å². The van der Waals surface area contributed by atoms with Gasteiger partial charge in [0.25, 0.3) is 5.91 Å². The predicted octanol–water partition coefficient (Wildman–Crippen LogP) is 4.07. The Kier molecular flexibility index (Phi) is 5.75. The molecule has 1 unspecified atom stereocenters. The highest BCUT2D eigenvalue weighted by atomic mass is 32.1. The second-order valence-corrected chi connectivity index (χ2v) is 8.08. The van der Waals surface area contributed by atoms with Crippen LogP contribution in [-0.2, 0) is 4.79 Å². The van der Waals surface area contributed by atoms with Gasteiger partial charge in [0.2, 0.25) is 6.04 Å². The molecule has 0 saturated carbocycles. The Morgan fingerprint density at radius 1 is 1.31 bits per heavy atom. The molecular weight excluding hydrogens is 390 g/mol. The Morgan fingerprint density at radius 3 is 2.52 bits per heavy atom. The average Bonchev–Trinajstić information content (AvgIpc) is 2.84. The summed E-state index contributed by atoms with van der Waals surface area (Å²) in [7, 11) is 0. The minimum Gasteiger partial charge on any atom is -0.494 e. The molecule has 1 fully saturated rings. The summed E-state index contributed by atoms with van der Waals surface area (Å²) in [5.74, 6) is 0.602. The van der Waals surface area contributed by atoms with E-state index in [9.17, 15) is 14.9 Å². The SMILES string of the molecule is CCCOc1ccc(N2C(=S)N(C3=CCC([N+](=O)[O-])C(C)=C3)C(=O)C2(C)C)cc1. The fraction of sp³-hybridized carbons (Fsp3) is 0.429. The smallest absolute Gasteiger partial charge is 0.259 e. The van der Waals surface area contributed by atoms with E-state index in [1.165, 1.54) is 4.90 Å². The number of benzene rings is 1. The number of hydrogen-bond acceptors (Lipinski definition) is 5. The minimum atomic E-state index is -0.884. The molecule has 0 radical (unpaired) electrons. The van der Waals surface area contributed by atoms with Crippen molar-refractivity contribution in [1.82, 2.24) is 4.90 Å². The van der Waals surface area contributed by atoms with Crippen LogP contribution in [-0.4, -0.2) is 39.0 Å². The van der Waals surface area contributed by atoms with Crippen molar-refractivity contribution in [1.29, 1.82) is 0 Å². The normalized spacial score (nSPS) is 21.2. The molecule has 29 heavy (non-hydrogen) atoms. The van der Waals surface area contributed by atoms with Crippen LogP contribution >= 0.6 is 12.2 Å². The standard InChI is InChI=1S/C21H25N3O4S/c1-5-12-28-17-9-6-15(7-10-17)23-20(29)22(19(25)21(23,3)4)16-8-11-18(24(26)27)14(2)13-16/h6-10,13,18H,5,11-12H2,1-4H3. The highest BCUT2D eigenvalue weighted by Crippen LogP contribution is 2.37. The lowest BCUT2D eigenvalue weighted by molar-refractivity contribution is -0.511. The van der Waals surface area contributed by atoms with E-state index in [4.69, 9.17) is 17.0 Å². The van der Waals surface area contributed by atoms with Crippen LogP contribution in [0.3, 0.4) is 0 Å². The van der Waals surface area contributed by atoms with Crippen molar-refractivity contribution in [2.75, 3.05) is 11.5 Å². The molecule has 0 spiro atoms. The van der Waals surface area contributed by atoms with Gasteiger partial charge >= 0.3 is 0 Å². The molecule has 3 rings (SSSR count). The predicted molar refractivity (Wildman–Crippen MR) is 115 cm³/mol. The van der Waals surface area contributed by atoms with E-state index in [-0.39, 0.29) is 17.3 Å². The maximum atomic E-state index is 13.2.